The molecule has 0 unspecified atom stereocenters. The van der Waals surface area contributed by atoms with E-state index in [0.29, 0.717) is 6.67 Å². The molecular formula is C16H22N4O2S. The van der Waals surface area contributed by atoms with Gasteiger partial charge in [-0.2, -0.15) is 5.10 Å². The molecular weight excluding hydrogens is 312 g/mol. The van der Waals surface area contributed by atoms with Crippen LogP contribution in [0.1, 0.15) is 24.4 Å². The van der Waals surface area contributed by atoms with Gasteiger partial charge >= 0.3 is 0 Å². The molecule has 7 heteroatoms. The molecule has 0 saturated carbocycles. The van der Waals surface area contributed by atoms with Gasteiger partial charge in [0.1, 0.15) is 17.8 Å². The van der Waals surface area contributed by atoms with Crippen LogP contribution in [0.2, 0.25) is 0 Å². The minimum absolute atomic E-state index is 0.281. The first kappa shape index (κ1) is 16.0. The molecule has 1 aliphatic heterocycles. The number of likely N-dealkylation sites (tertiary alicyclic amines) is 1. The Morgan fingerprint density at radius 3 is 2.78 bits per heavy atom. The molecule has 0 aliphatic carbocycles. The van der Waals surface area contributed by atoms with E-state index in [0.717, 1.165) is 41.2 Å². The Balaban J connectivity index is 1.89. The number of hydrogen-bond acceptors (Lipinski definition) is 5. The highest BCUT2D eigenvalue weighted by atomic mass is 32.1. The van der Waals surface area contributed by atoms with Crippen molar-refractivity contribution in [1.82, 2.24) is 19.2 Å². The van der Waals surface area contributed by atoms with Gasteiger partial charge in [0, 0.05) is 25.2 Å². The van der Waals surface area contributed by atoms with Crippen molar-refractivity contribution < 1.29 is 9.47 Å². The van der Waals surface area contributed by atoms with E-state index in [4.69, 9.17) is 21.7 Å². The summed E-state index contributed by atoms with van der Waals surface area (Å²) in [6.45, 7) is 1.70. The third kappa shape index (κ3) is 3.11. The zero-order valence-electron chi connectivity index (χ0n) is 13.7. The van der Waals surface area contributed by atoms with E-state index in [-0.39, 0.29) is 6.04 Å². The van der Waals surface area contributed by atoms with Crippen molar-refractivity contribution in [2.75, 3.05) is 20.8 Å². The van der Waals surface area contributed by atoms with Crippen molar-refractivity contribution in [3.05, 3.63) is 34.9 Å². The van der Waals surface area contributed by atoms with Crippen molar-refractivity contribution in [2.45, 2.75) is 25.6 Å². The van der Waals surface area contributed by atoms with E-state index in [2.05, 4.69) is 16.1 Å². The van der Waals surface area contributed by atoms with Crippen molar-refractivity contribution in [2.24, 2.45) is 7.05 Å². The molecule has 1 aromatic carbocycles. The third-order valence-electron chi connectivity index (χ3n) is 4.36. The zero-order valence-corrected chi connectivity index (χ0v) is 14.5. The summed E-state index contributed by atoms with van der Waals surface area (Å²) in [5.74, 6) is 1.74. The average molecular weight is 334 g/mol. The van der Waals surface area contributed by atoms with E-state index in [9.17, 15) is 0 Å². The average Bonchev–Trinajstić information content (AvgIpc) is 3.16. The molecule has 0 amide bonds. The number of hydrogen-bond donors (Lipinski definition) is 0. The maximum Gasteiger partial charge on any atom is 0.198 e. The topological polar surface area (TPSA) is 44.5 Å². The predicted molar refractivity (Wildman–Crippen MR) is 90.3 cm³/mol. The van der Waals surface area contributed by atoms with Crippen LogP contribution in [0.4, 0.5) is 0 Å². The van der Waals surface area contributed by atoms with Gasteiger partial charge in [-0.05, 0) is 43.3 Å². The molecule has 0 N–H and O–H groups in total. The first-order chi connectivity index (χ1) is 11.1. The van der Waals surface area contributed by atoms with Crippen LogP contribution in [0.25, 0.3) is 0 Å². The van der Waals surface area contributed by atoms with Crippen molar-refractivity contribution >= 4 is 12.2 Å². The van der Waals surface area contributed by atoms with Gasteiger partial charge in [0.25, 0.3) is 0 Å². The molecule has 1 fully saturated rings. The number of benzene rings is 1. The molecule has 0 bridgehead atoms. The molecule has 6 nitrogen and oxygen atoms in total. The molecule has 1 aliphatic rings. The van der Waals surface area contributed by atoms with Gasteiger partial charge < -0.3 is 14.0 Å². The summed E-state index contributed by atoms with van der Waals surface area (Å²) in [6, 6.07) is 6.25. The van der Waals surface area contributed by atoms with Crippen LogP contribution >= 0.6 is 12.2 Å². The summed E-state index contributed by atoms with van der Waals surface area (Å²) in [4.78, 5) is 2.39. The van der Waals surface area contributed by atoms with Gasteiger partial charge in [-0.15, -0.1) is 0 Å². The normalized spacial score (nSPS) is 18.3. The highest BCUT2D eigenvalue weighted by molar-refractivity contribution is 7.71. The number of nitrogens with zero attached hydrogens (tertiary/aromatic N) is 4. The largest absolute Gasteiger partial charge is 0.497 e. The number of methoxy groups -OCH3 is 2. The van der Waals surface area contributed by atoms with Gasteiger partial charge in [-0.25, -0.2) is 4.68 Å². The summed E-state index contributed by atoms with van der Waals surface area (Å²) in [5.41, 5.74) is 1.16. The lowest BCUT2D eigenvalue weighted by molar-refractivity contribution is 0.186. The van der Waals surface area contributed by atoms with E-state index < -0.39 is 0 Å². The number of aromatic nitrogens is 3. The summed E-state index contributed by atoms with van der Waals surface area (Å²) < 4.78 is 15.4. The molecule has 3 rings (SSSR count). The van der Waals surface area contributed by atoms with Crippen LogP contribution in [-0.2, 0) is 13.7 Å². The van der Waals surface area contributed by atoms with Gasteiger partial charge in [0.05, 0.1) is 20.9 Å². The fourth-order valence-electron chi connectivity index (χ4n) is 3.14. The molecule has 1 aromatic heterocycles. The highest BCUT2D eigenvalue weighted by Crippen LogP contribution is 2.39. The van der Waals surface area contributed by atoms with Gasteiger partial charge in [-0.1, -0.05) is 0 Å². The van der Waals surface area contributed by atoms with Crippen molar-refractivity contribution in [3.8, 4) is 11.5 Å². The molecule has 0 spiro atoms. The van der Waals surface area contributed by atoms with E-state index >= 15 is 0 Å². The number of ether oxygens (including phenoxy) is 2. The SMILES string of the molecule is COc1ccc(OC)c([C@@H]2CCCN2Cn2ncn(C)c2=S)c1. The Kier molecular flexibility index (Phi) is 4.68. The Morgan fingerprint density at radius 1 is 1.30 bits per heavy atom. The van der Waals surface area contributed by atoms with Gasteiger partial charge in [0.2, 0.25) is 0 Å². The van der Waals surface area contributed by atoms with Crippen molar-refractivity contribution in [1.29, 1.82) is 0 Å². The lowest BCUT2D eigenvalue weighted by Gasteiger charge is -2.26. The lowest BCUT2D eigenvalue weighted by Crippen LogP contribution is -2.27. The molecule has 0 radical (unpaired) electrons. The smallest absolute Gasteiger partial charge is 0.198 e. The molecule has 2 aromatic rings. The van der Waals surface area contributed by atoms with E-state index in [1.165, 1.54) is 0 Å². The molecule has 124 valence electrons. The van der Waals surface area contributed by atoms with Gasteiger partial charge in [-0.3, -0.25) is 4.90 Å². The highest BCUT2D eigenvalue weighted by Gasteiger charge is 2.29. The molecule has 1 atom stereocenters. The maximum absolute atomic E-state index is 5.55. The zero-order chi connectivity index (χ0) is 16.4. The first-order valence-corrected chi connectivity index (χ1v) is 8.09. The number of aryl methyl sites for hydroxylation is 1. The fourth-order valence-corrected chi connectivity index (χ4v) is 3.29. The van der Waals surface area contributed by atoms with E-state index in [1.54, 1.807) is 20.5 Å². The summed E-state index contributed by atoms with van der Waals surface area (Å²) >= 11 is 5.40. The number of rotatable bonds is 5. The van der Waals surface area contributed by atoms with Crippen LogP contribution < -0.4 is 9.47 Å². The second-order valence-electron chi connectivity index (χ2n) is 5.74. The summed E-state index contributed by atoms with van der Waals surface area (Å²) in [6.07, 6.45) is 3.98. The van der Waals surface area contributed by atoms with Crippen LogP contribution in [0.3, 0.4) is 0 Å². The Morgan fingerprint density at radius 2 is 2.13 bits per heavy atom. The minimum atomic E-state index is 0.281. The lowest BCUT2D eigenvalue weighted by atomic mass is 10.0. The predicted octanol–water partition coefficient (Wildman–Crippen LogP) is 2.76. The van der Waals surface area contributed by atoms with Crippen LogP contribution in [0.5, 0.6) is 11.5 Å². The van der Waals surface area contributed by atoms with Crippen molar-refractivity contribution in [3.63, 3.8) is 0 Å². The molecule has 23 heavy (non-hydrogen) atoms. The Labute approximate surface area is 141 Å². The molecule has 2 heterocycles. The minimum Gasteiger partial charge on any atom is -0.497 e. The van der Waals surface area contributed by atoms with E-state index in [1.807, 2.05) is 28.4 Å². The van der Waals surface area contributed by atoms with Crippen LogP contribution in [0.15, 0.2) is 24.5 Å². The quantitative estimate of drug-likeness (QED) is 0.787. The monoisotopic (exact) mass is 334 g/mol. The second kappa shape index (κ2) is 6.72. The maximum atomic E-state index is 5.55. The van der Waals surface area contributed by atoms with Gasteiger partial charge in [0.15, 0.2) is 4.77 Å². The molecule has 1 saturated heterocycles. The Hall–Kier alpha value is -1.86. The van der Waals surface area contributed by atoms with Crippen LogP contribution in [-0.4, -0.2) is 40.0 Å². The second-order valence-corrected chi connectivity index (χ2v) is 6.11. The summed E-state index contributed by atoms with van der Waals surface area (Å²) in [7, 11) is 5.31. The first-order valence-electron chi connectivity index (χ1n) is 7.68. The van der Waals surface area contributed by atoms with Crippen LogP contribution in [0, 0.1) is 4.77 Å². The summed E-state index contributed by atoms with van der Waals surface area (Å²) in [5, 5.41) is 4.36. The fraction of sp³-hybridized carbons (Fsp3) is 0.500. The Bertz CT molecular complexity index is 740. The third-order valence-corrected chi connectivity index (χ3v) is 4.86. The standard InChI is InChI=1S/C16H22N4O2S/c1-18-10-17-20(16(18)23)11-19-8-4-5-14(19)13-9-12(21-2)6-7-15(13)22-3/h6-7,9-10,14H,4-5,8,11H2,1-3H3/t14-/m0/s1.